The van der Waals surface area contributed by atoms with E-state index in [-0.39, 0.29) is 0 Å². The number of carboxylic acids is 1. The summed E-state index contributed by atoms with van der Waals surface area (Å²) in [4.78, 5) is 10.7. The fraction of sp³-hybridized carbons (Fsp3) is 0.583. The van der Waals surface area contributed by atoms with Gasteiger partial charge in [-0.3, -0.25) is 4.79 Å². The Hall–Kier alpha value is -0.870. The van der Waals surface area contributed by atoms with E-state index in [9.17, 15) is 4.79 Å². The first-order chi connectivity index (χ1) is 7.66. The highest BCUT2D eigenvalue weighted by Crippen LogP contribution is 2.34. The van der Waals surface area contributed by atoms with Crippen molar-refractivity contribution in [1.29, 1.82) is 0 Å². The van der Waals surface area contributed by atoms with Crippen molar-refractivity contribution in [2.45, 2.75) is 38.1 Å². The first kappa shape index (κ1) is 11.6. The van der Waals surface area contributed by atoms with Crippen molar-refractivity contribution in [3.05, 3.63) is 21.9 Å². The number of hydrogen-bond acceptors (Lipinski definition) is 3. The minimum Gasteiger partial charge on any atom is -0.480 e. The summed E-state index contributed by atoms with van der Waals surface area (Å²) >= 11 is 1.64. The van der Waals surface area contributed by atoms with Crippen molar-refractivity contribution >= 4 is 17.3 Å². The molecule has 3 N–H and O–H groups in total. The third kappa shape index (κ3) is 3.06. The van der Waals surface area contributed by atoms with E-state index in [1.807, 2.05) is 5.38 Å². The van der Waals surface area contributed by atoms with E-state index in [0.717, 1.165) is 17.9 Å². The van der Waals surface area contributed by atoms with Gasteiger partial charge in [-0.15, -0.1) is 0 Å². The molecule has 1 saturated carbocycles. The minimum absolute atomic E-state index is 0.457. The number of thiophene rings is 1. The second-order valence-corrected chi connectivity index (χ2v) is 5.30. The van der Waals surface area contributed by atoms with Gasteiger partial charge in [0, 0.05) is 0 Å². The zero-order chi connectivity index (χ0) is 11.5. The van der Waals surface area contributed by atoms with Crippen LogP contribution in [0.2, 0.25) is 0 Å². The van der Waals surface area contributed by atoms with Gasteiger partial charge < -0.3 is 10.8 Å². The highest BCUT2D eigenvalue weighted by atomic mass is 32.1. The van der Waals surface area contributed by atoms with Crippen molar-refractivity contribution in [1.82, 2.24) is 0 Å². The standard InChI is InChI=1S/C12H17NO2S/c13-11(12(14)15)5-10-7-16-6-9(10)4-3-8-1-2-8/h6-8,11H,1-5,13H2,(H,14,15). The SMILES string of the molecule is NC(Cc1cscc1CCC1CC1)C(=O)O. The minimum atomic E-state index is -0.917. The number of rotatable bonds is 6. The van der Waals surface area contributed by atoms with Gasteiger partial charge in [0.2, 0.25) is 0 Å². The lowest BCUT2D eigenvalue weighted by atomic mass is 10.0. The van der Waals surface area contributed by atoms with Gasteiger partial charge in [0.1, 0.15) is 6.04 Å². The Kier molecular flexibility index (Phi) is 3.61. The topological polar surface area (TPSA) is 63.3 Å². The first-order valence-corrected chi connectivity index (χ1v) is 6.63. The summed E-state index contributed by atoms with van der Waals surface area (Å²) in [6.45, 7) is 0. The number of carboxylic acid groups (broad SMARTS) is 1. The predicted octanol–water partition coefficient (Wildman–Crippen LogP) is 2.05. The van der Waals surface area contributed by atoms with Crippen LogP contribution >= 0.6 is 11.3 Å². The Labute approximate surface area is 99.3 Å². The van der Waals surface area contributed by atoms with Crippen LogP contribution in [0.15, 0.2) is 10.8 Å². The van der Waals surface area contributed by atoms with Crippen molar-refractivity contribution < 1.29 is 9.90 Å². The molecule has 3 nitrogen and oxygen atoms in total. The Bertz CT molecular complexity index is 371. The summed E-state index contributed by atoms with van der Waals surface area (Å²) in [7, 11) is 0. The summed E-state index contributed by atoms with van der Waals surface area (Å²) in [6.07, 6.45) is 5.52. The monoisotopic (exact) mass is 239 g/mol. The molecule has 16 heavy (non-hydrogen) atoms. The van der Waals surface area contributed by atoms with E-state index in [1.54, 1.807) is 11.3 Å². The summed E-state index contributed by atoms with van der Waals surface area (Å²) in [5, 5.41) is 12.9. The Morgan fingerprint density at radius 1 is 1.50 bits per heavy atom. The maximum absolute atomic E-state index is 10.7. The smallest absolute Gasteiger partial charge is 0.320 e. The van der Waals surface area contributed by atoms with Crippen LogP contribution < -0.4 is 5.73 Å². The molecule has 2 rings (SSSR count). The lowest BCUT2D eigenvalue weighted by Crippen LogP contribution is -2.32. The zero-order valence-corrected chi connectivity index (χ0v) is 10.0. The van der Waals surface area contributed by atoms with Crippen LogP contribution in [0.4, 0.5) is 0 Å². The van der Waals surface area contributed by atoms with E-state index in [0.29, 0.717) is 6.42 Å². The number of carbonyl (C=O) groups is 1. The highest BCUT2D eigenvalue weighted by molar-refractivity contribution is 7.08. The average molecular weight is 239 g/mol. The number of aliphatic carboxylic acids is 1. The molecule has 0 amide bonds. The van der Waals surface area contributed by atoms with Crippen LogP contribution in [-0.2, 0) is 17.6 Å². The van der Waals surface area contributed by atoms with E-state index >= 15 is 0 Å². The molecule has 0 spiro atoms. The van der Waals surface area contributed by atoms with Crippen LogP contribution in [0.5, 0.6) is 0 Å². The molecule has 0 aliphatic heterocycles. The molecule has 0 aromatic carbocycles. The maximum Gasteiger partial charge on any atom is 0.320 e. The molecular weight excluding hydrogens is 222 g/mol. The van der Waals surface area contributed by atoms with Crippen LogP contribution in [0.3, 0.4) is 0 Å². The Balaban J connectivity index is 1.91. The van der Waals surface area contributed by atoms with Gasteiger partial charge in [0.05, 0.1) is 0 Å². The fourth-order valence-electron chi connectivity index (χ4n) is 1.84. The zero-order valence-electron chi connectivity index (χ0n) is 9.19. The fourth-order valence-corrected chi connectivity index (χ4v) is 2.75. The molecule has 1 aliphatic carbocycles. The molecule has 1 heterocycles. The van der Waals surface area contributed by atoms with Crippen LogP contribution in [-0.4, -0.2) is 17.1 Å². The average Bonchev–Trinajstić information content (AvgIpc) is 2.97. The molecule has 0 bridgehead atoms. The van der Waals surface area contributed by atoms with Crippen LogP contribution in [0.1, 0.15) is 30.4 Å². The normalized spacial score (nSPS) is 17.3. The summed E-state index contributed by atoms with van der Waals surface area (Å²) < 4.78 is 0. The second kappa shape index (κ2) is 4.97. The molecule has 4 heteroatoms. The van der Waals surface area contributed by atoms with Crippen molar-refractivity contribution in [2.75, 3.05) is 0 Å². The van der Waals surface area contributed by atoms with Crippen LogP contribution in [0, 0.1) is 5.92 Å². The third-order valence-corrected chi connectivity index (χ3v) is 3.95. The lowest BCUT2D eigenvalue weighted by Gasteiger charge is -2.07. The molecule has 0 radical (unpaired) electrons. The Morgan fingerprint density at radius 3 is 2.81 bits per heavy atom. The summed E-state index contributed by atoms with van der Waals surface area (Å²) in [6, 6.07) is -0.769. The van der Waals surface area contributed by atoms with Gasteiger partial charge in [-0.1, -0.05) is 12.8 Å². The number of nitrogens with two attached hydrogens (primary N) is 1. The van der Waals surface area contributed by atoms with Gasteiger partial charge in [-0.25, -0.2) is 0 Å². The third-order valence-electron chi connectivity index (χ3n) is 3.11. The lowest BCUT2D eigenvalue weighted by molar-refractivity contribution is -0.138. The largest absolute Gasteiger partial charge is 0.480 e. The quantitative estimate of drug-likeness (QED) is 0.798. The van der Waals surface area contributed by atoms with Crippen LogP contribution in [0.25, 0.3) is 0 Å². The van der Waals surface area contributed by atoms with E-state index in [2.05, 4.69) is 5.38 Å². The highest BCUT2D eigenvalue weighted by Gasteiger charge is 2.22. The number of aryl methyl sites for hydroxylation is 1. The maximum atomic E-state index is 10.7. The van der Waals surface area contributed by atoms with Gasteiger partial charge in [-0.2, -0.15) is 11.3 Å². The summed E-state index contributed by atoms with van der Waals surface area (Å²) in [5.41, 5.74) is 7.98. The molecule has 1 unspecified atom stereocenters. The molecule has 88 valence electrons. The molecular formula is C12H17NO2S. The molecule has 1 fully saturated rings. The van der Waals surface area contributed by atoms with Gasteiger partial charge in [0.15, 0.2) is 0 Å². The van der Waals surface area contributed by atoms with Gasteiger partial charge in [-0.05, 0) is 47.1 Å². The molecule has 1 atom stereocenters. The van der Waals surface area contributed by atoms with Crippen molar-refractivity contribution in [3.63, 3.8) is 0 Å². The van der Waals surface area contributed by atoms with Gasteiger partial charge >= 0.3 is 5.97 Å². The molecule has 1 aromatic rings. The Morgan fingerprint density at radius 2 is 2.19 bits per heavy atom. The first-order valence-electron chi connectivity index (χ1n) is 5.69. The molecule has 1 aromatic heterocycles. The van der Waals surface area contributed by atoms with E-state index in [1.165, 1.54) is 24.8 Å². The predicted molar refractivity (Wildman–Crippen MR) is 64.7 cm³/mol. The molecule has 1 aliphatic rings. The molecule has 0 saturated heterocycles. The van der Waals surface area contributed by atoms with E-state index in [4.69, 9.17) is 10.8 Å². The summed E-state index contributed by atoms with van der Waals surface area (Å²) in [5.74, 6) is 0.000222. The van der Waals surface area contributed by atoms with Gasteiger partial charge in [0.25, 0.3) is 0 Å². The van der Waals surface area contributed by atoms with E-state index < -0.39 is 12.0 Å². The number of hydrogen-bond donors (Lipinski definition) is 2. The van der Waals surface area contributed by atoms with Crippen molar-refractivity contribution in [3.8, 4) is 0 Å². The van der Waals surface area contributed by atoms with Crippen molar-refractivity contribution in [2.24, 2.45) is 11.7 Å². The second-order valence-electron chi connectivity index (χ2n) is 4.55.